The van der Waals surface area contributed by atoms with Crippen LogP contribution in [0.15, 0.2) is 18.3 Å². The van der Waals surface area contributed by atoms with E-state index in [0.717, 1.165) is 0 Å². The van der Waals surface area contributed by atoms with Crippen molar-refractivity contribution >= 4 is 24.2 Å². The highest BCUT2D eigenvalue weighted by atomic mass is 32.1. The Hall–Kier alpha value is -1.23. The number of hydrogen-bond acceptors (Lipinski definition) is 4. The van der Waals surface area contributed by atoms with Crippen LogP contribution < -0.4 is 10.1 Å². The van der Waals surface area contributed by atoms with Gasteiger partial charge < -0.3 is 10.1 Å². The normalized spacial score (nSPS) is 9.57. The highest BCUT2D eigenvalue weighted by Gasteiger charge is 1.99. The number of carbonyl (C=O) groups is 1. The topological polar surface area (TPSA) is 51.2 Å². The molecule has 0 atom stereocenters. The zero-order chi connectivity index (χ0) is 10.4. The highest BCUT2D eigenvalue weighted by molar-refractivity contribution is 7.81. The van der Waals surface area contributed by atoms with E-state index in [1.165, 1.54) is 0 Å². The van der Waals surface area contributed by atoms with Crippen molar-refractivity contribution in [3.05, 3.63) is 18.3 Å². The standard InChI is InChI=1S/C9H12N2O2S/c1-2-13-9-4-3-7(5-10-9)11-8(12)6-14/h3-5,14H,2,6H2,1H3,(H,11,12). The third kappa shape index (κ3) is 3.26. The van der Waals surface area contributed by atoms with Crippen LogP contribution in [0, 0.1) is 0 Å². The van der Waals surface area contributed by atoms with Crippen LogP contribution in [-0.2, 0) is 4.79 Å². The Labute approximate surface area is 88.1 Å². The molecule has 0 aromatic carbocycles. The molecule has 0 spiro atoms. The molecule has 1 heterocycles. The lowest BCUT2D eigenvalue weighted by molar-refractivity contribution is -0.113. The van der Waals surface area contributed by atoms with Gasteiger partial charge in [0.2, 0.25) is 11.8 Å². The lowest BCUT2D eigenvalue weighted by Gasteiger charge is -2.04. The van der Waals surface area contributed by atoms with Gasteiger partial charge in [0.25, 0.3) is 0 Å². The summed E-state index contributed by atoms with van der Waals surface area (Å²) in [6.45, 7) is 2.47. The highest BCUT2D eigenvalue weighted by Crippen LogP contribution is 2.11. The summed E-state index contributed by atoms with van der Waals surface area (Å²) < 4.78 is 5.15. The van der Waals surface area contributed by atoms with Gasteiger partial charge in [-0.3, -0.25) is 4.79 Å². The van der Waals surface area contributed by atoms with Crippen molar-refractivity contribution < 1.29 is 9.53 Å². The average molecular weight is 212 g/mol. The van der Waals surface area contributed by atoms with E-state index >= 15 is 0 Å². The van der Waals surface area contributed by atoms with Crippen LogP contribution in [0.2, 0.25) is 0 Å². The molecule has 0 fully saturated rings. The molecule has 0 radical (unpaired) electrons. The zero-order valence-corrected chi connectivity index (χ0v) is 8.75. The fraction of sp³-hybridized carbons (Fsp3) is 0.333. The van der Waals surface area contributed by atoms with Crippen LogP contribution in [0.1, 0.15) is 6.92 Å². The van der Waals surface area contributed by atoms with Gasteiger partial charge in [0, 0.05) is 6.07 Å². The summed E-state index contributed by atoms with van der Waals surface area (Å²) >= 11 is 3.84. The number of ether oxygens (including phenoxy) is 1. The fourth-order valence-electron chi connectivity index (χ4n) is 0.888. The Balaban J connectivity index is 2.59. The molecule has 0 saturated heterocycles. The van der Waals surface area contributed by atoms with Crippen molar-refractivity contribution in [1.82, 2.24) is 4.98 Å². The molecule has 0 unspecified atom stereocenters. The second-order valence-corrected chi connectivity index (χ2v) is 2.84. The largest absolute Gasteiger partial charge is 0.478 e. The van der Waals surface area contributed by atoms with Gasteiger partial charge >= 0.3 is 0 Å². The first kappa shape index (κ1) is 10.8. The lowest BCUT2D eigenvalue weighted by atomic mass is 10.4. The molecule has 1 amide bonds. The lowest BCUT2D eigenvalue weighted by Crippen LogP contribution is -2.12. The van der Waals surface area contributed by atoms with E-state index in [4.69, 9.17) is 4.74 Å². The van der Waals surface area contributed by atoms with E-state index in [1.54, 1.807) is 18.3 Å². The van der Waals surface area contributed by atoms with Crippen LogP contribution in [0.3, 0.4) is 0 Å². The van der Waals surface area contributed by atoms with Crippen LogP contribution in [0.4, 0.5) is 5.69 Å². The molecule has 0 saturated carbocycles. The number of amides is 1. The summed E-state index contributed by atoms with van der Waals surface area (Å²) in [4.78, 5) is 14.9. The summed E-state index contributed by atoms with van der Waals surface area (Å²) in [7, 11) is 0. The minimum atomic E-state index is -0.153. The number of thiol groups is 1. The second-order valence-electron chi connectivity index (χ2n) is 2.52. The smallest absolute Gasteiger partial charge is 0.234 e. The fourth-order valence-corrected chi connectivity index (χ4v) is 0.967. The molecule has 0 aliphatic heterocycles. The molecule has 1 N–H and O–H groups in total. The van der Waals surface area contributed by atoms with Gasteiger partial charge in [0.05, 0.1) is 24.2 Å². The average Bonchev–Trinajstić information content (AvgIpc) is 2.21. The van der Waals surface area contributed by atoms with E-state index in [0.29, 0.717) is 18.2 Å². The Kier molecular flexibility index (Phi) is 4.25. The number of pyridine rings is 1. The quantitative estimate of drug-likeness (QED) is 0.741. The Morgan fingerprint density at radius 2 is 2.43 bits per heavy atom. The van der Waals surface area contributed by atoms with Gasteiger partial charge in [-0.1, -0.05) is 0 Å². The number of nitrogens with one attached hydrogen (secondary N) is 1. The van der Waals surface area contributed by atoms with Gasteiger partial charge in [0.15, 0.2) is 0 Å². The van der Waals surface area contributed by atoms with Crippen LogP contribution in [-0.4, -0.2) is 23.3 Å². The molecule has 1 aromatic rings. The summed E-state index contributed by atoms with van der Waals surface area (Å²) in [5.41, 5.74) is 0.646. The zero-order valence-electron chi connectivity index (χ0n) is 7.86. The van der Waals surface area contributed by atoms with Crippen molar-refractivity contribution in [2.75, 3.05) is 17.7 Å². The minimum Gasteiger partial charge on any atom is -0.478 e. The number of nitrogens with zero attached hydrogens (tertiary/aromatic N) is 1. The maximum Gasteiger partial charge on any atom is 0.234 e. The van der Waals surface area contributed by atoms with Gasteiger partial charge in [-0.15, -0.1) is 0 Å². The molecular weight excluding hydrogens is 200 g/mol. The molecule has 5 heteroatoms. The Morgan fingerprint density at radius 1 is 1.64 bits per heavy atom. The van der Waals surface area contributed by atoms with E-state index < -0.39 is 0 Å². The Morgan fingerprint density at radius 3 is 2.93 bits per heavy atom. The summed E-state index contributed by atoms with van der Waals surface area (Å²) in [5, 5.41) is 2.63. The first-order valence-corrected chi connectivity index (χ1v) is 4.89. The van der Waals surface area contributed by atoms with Gasteiger partial charge in [0.1, 0.15) is 0 Å². The monoisotopic (exact) mass is 212 g/mol. The van der Waals surface area contributed by atoms with Gasteiger partial charge in [-0.2, -0.15) is 12.6 Å². The molecule has 76 valence electrons. The number of aromatic nitrogens is 1. The number of carbonyl (C=O) groups excluding carboxylic acids is 1. The molecule has 1 aromatic heterocycles. The maximum absolute atomic E-state index is 10.9. The molecule has 4 nitrogen and oxygen atoms in total. The predicted octanol–water partition coefficient (Wildman–Crippen LogP) is 1.35. The summed E-state index contributed by atoms with van der Waals surface area (Å²) in [5.74, 6) is 0.559. The van der Waals surface area contributed by atoms with Crippen molar-refractivity contribution in [3.8, 4) is 5.88 Å². The number of anilines is 1. The van der Waals surface area contributed by atoms with Gasteiger partial charge in [-0.25, -0.2) is 4.98 Å². The van der Waals surface area contributed by atoms with Crippen molar-refractivity contribution in [1.29, 1.82) is 0 Å². The molecule has 0 aliphatic rings. The van der Waals surface area contributed by atoms with Crippen molar-refractivity contribution in [3.63, 3.8) is 0 Å². The molecule has 14 heavy (non-hydrogen) atoms. The molecule has 1 rings (SSSR count). The van der Waals surface area contributed by atoms with Gasteiger partial charge in [-0.05, 0) is 13.0 Å². The minimum absolute atomic E-state index is 0.153. The van der Waals surface area contributed by atoms with Crippen LogP contribution in [0.5, 0.6) is 5.88 Å². The molecular formula is C9H12N2O2S. The first-order valence-electron chi connectivity index (χ1n) is 4.25. The third-order valence-electron chi connectivity index (χ3n) is 1.46. The van der Waals surface area contributed by atoms with Crippen LogP contribution in [0.25, 0.3) is 0 Å². The van der Waals surface area contributed by atoms with Crippen molar-refractivity contribution in [2.45, 2.75) is 6.92 Å². The van der Waals surface area contributed by atoms with E-state index in [1.807, 2.05) is 6.92 Å². The summed E-state index contributed by atoms with van der Waals surface area (Å²) in [6, 6.07) is 3.44. The predicted molar refractivity (Wildman–Crippen MR) is 57.9 cm³/mol. The Bertz CT molecular complexity index is 300. The number of rotatable bonds is 4. The van der Waals surface area contributed by atoms with Crippen molar-refractivity contribution in [2.24, 2.45) is 0 Å². The molecule has 0 bridgehead atoms. The molecule has 0 aliphatic carbocycles. The van der Waals surface area contributed by atoms with E-state index in [2.05, 4.69) is 22.9 Å². The van der Waals surface area contributed by atoms with E-state index in [-0.39, 0.29) is 11.7 Å². The first-order chi connectivity index (χ1) is 6.76. The SMILES string of the molecule is CCOc1ccc(NC(=O)CS)cn1. The van der Waals surface area contributed by atoms with Crippen LogP contribution >= 0.6 is 12.6 Å². The second kappa shape index (κ2) is 5.49. The number of hydrogen-bond donors (Lipinski definition) is 2. The third-order valence-corrected chi connectivity index (χ3v) is 1.74. The summed E-state index contributed by atoms with van der Waals surface area (Å²) in [6.07, 6.45) is 1.55. The van der Waals surface area contributed by atoms with E-state index in [9.17, 15) is 4.79 Å². The maximum atomic E-state index is 10.9.